The first-order valence-electron chi connectivity index (χ1n) is 7.62. The van der Waals surface area contributed by atoms with E-state index < -0.39 is 0 Å². The Morgan fingerprint density at radius 1 is 1.21 bits per heavy atom. The van der Waals surface area contributed by atoms with Crippen LogP contribution in [0.25, 0.3) is 0 Å². The van der Waals surface area contributed by atoms with E-state index >= 15 is 0 Å². The fraction of sp³-hybridized carbons (Fsp3) is 0.647. The van der Waals surface area contributed by atoms with Crippen LogP contribution in [0.3, 0.4) is 0 Å². The summed E-state index contributed by atoms with van der Waals surface area (Å²) in [5.41, 5.74) is 3.35. The van der Waals surface area contributed by atoms with E-state index in [-0.39, 0.29) is 0 Å². The molecule has 1 N–H and O–H groups in total. The van der Waals surface area contributed by atoms with Gasteiger partial charge in [0.05, 0.1) is 0 Å². The molecule has 0 radical (unpaired) electrons. The maximum absolute atomic E-state index is 3.79. The maximum Gasteiger partial charge on any atom is 0.0378 e. The van der Waals surface area contributed by atoms with Crippen LogP contribution in [-0.4, -0.2) is 31.1 Å². The van der Waals surface area contributed by atoms with Gasteiger partial charge in [-0.3, -0.25) is 0 Å². The van der Waals surface area contributed by atoms with E-state index in [2.05, 4.69) is 62.2 Å². The lowest BCUT2D eigenvalue weighted by molar-refractivity contribution is 0.245. The minimum absolute atomic E-state index is 0.326. The topological polar surface area (TPSA) is 15.3 Å². The summed E-state index contributed by atoms with van der Waals surface area (Å²) in [6, 6.07) is 9.40. The molecule has 2 rings (SSSR count). The first-order chi connectivity index (χ1) is 9.08. The fourth-order valence-electron chi connectivity index (χ4n) is 3.28. The summed E-state index contributed by atoms with van der Waals surface area (Å²) < 4.78 is 0. The lowest BCUT2D eigenvalue weighted by Gasteiger charge is -2.30. The number of fused-ring (bicyclic) bond motifs is 1. The Kier molecular flexibility index (Phi) is 4.64. The number of hydrogen-bond acceptors (Lipinski definition) is 2. The van der Waals surface area contributed by atoms with Gasteiger partial charge < -0.3 is 10.2 Å². The average molecular weight is 260 g/mol. The highest BCUT2D eigenvalue weighted by Crippen LogP contribution is 2.44. The lowest BCUT2D eigenvalue weighted by atomic mass is 9.85. The van der Waals surface area contributed by atoms with Crippen molar-refractivity contribution in [1.29, 1.82) is 0 Å². The smallest absolute Gasteiger partial charge is 0.0378 e. The van der Waals surface area contributed by atoms with Crippen molar-refractivity contribution >= 4 is 0 Å². The molecule has 1 aromatic rings. The van der Waals surface area contributed by atoms with Crippen LogP contribution in [0.2, 0.25) is 0 Å². The number of likely N-dealkylation sites (N-methyl/N-ethyl adjacent to an activating group) is 1. The summed E-state index contributed by atoms with van der Waals surface area (Å²) in [5.74, 6) is 0. The van der Waals surface area contributed by atoms with Crippen LogP contribution in [0.15, 0.2) is 24.3 Å². The number of nitrogens with one attached hydrogen (secondary N) is 1. The second-order valence-electron chi connectivity index (χ2n) is 6.28. The van der Waals surface area contributed by atoms with E-state index in [1.807, 2.05) is 0 Å². The molecule has 19 heavy (non-hydrogen) atoms. The molecule has 106 valence electrons. The van der Waals surface area contributed by atoms with Gasteiger partial charge in [0.1, 0.15) is 0 Å². The molecule has 1 aliphatic carbocycles. The van der Waals surface area contributed by atoms with Crippen LogP contribution in [0.5, 0.6) is 0 Å². The van der Waals surface area contributed by atoms with E-state index in [9.17, 15) is 0 Å². The average Bonchev–Trinajstić information content (AvgIpc) is 2.65. The van der Waals surface area contributed by atoms with Crippen molar-refractivity contribution in [3.8, 4) is 0 Å². The summed E-state index contributed by atoms with van der Waals surface area (Å²) in [5, 5.41) is 3.79. The molecule has 1 atom stereocenters. The molecular weight excluding hydrogens is 232 g/mol. The maximum atomic E-state index is 3.79. The van der Waals surface area contributed by atoms with Crippen LogP contribution < -0.4 is 5.32 Å². The molecule has 0 aromatic heterocycles. The van der Waals surface area contributed by atoms with Gasteiger partial charge in [-0.15, -0.1) is 0 Å². The molecule has 0 heterocycles. The molecule has 1 aromatic carbocycles. The molecule has 2 nitrogen and oxygen atoms in total. The van der Waals surface area contributed by atoms with Crippen LogP contribution in [-0.2, 0) is 6.42 Å². The number of rotatable bonds is 6. The predicted octanol–water partition coefficient (Wildman–Crippen LogP) is 3.24. The third-order valence-corrected chi connectivity index (χ3v) is 4.46. The zero-order valence-electron chi connectivity index (χ0n) is 12.9. The van der Waals surface area contributed by atoms with Crippen molar-refractivity contribution in [2.45, 2.75) is 40.2 Å². The summed E-state index contributed by atoms with van der Waals surface area (Å²) in [6.45, 7) is 13.7. The fourth-order valence-corrected chi connectivity index (χ4v) is 3.28. The molecule has 2 heteroatoms. The normalized spacial score (nSPS) is 20.8. The molecule has 0 fully saturated rings. The lowest BCUT2D eigenvalue weighted by Crippen LogP contribution is -2.37. The summed E-state index contributed by atoms with van der Waals surface area (Å²) >= 11 is 0. The first kappa shape index (κ1) is 14.5. The van der Waals surface area contributed by atoms with Gasteiger partial charge in [-0.25, -0.2) is 0 Å². The zero-order valence-corrected chi connectivity index (χ0v) is 12.9. The molecule has 0 spiro atoms. The van der Waals surface area contributed by atoms with Gasteiger partial charge in [-0.05, 0) is 36.1 Å². The monoisotopic (exact) mass is 260 g/mol. The number of hydrogen-bond donors (Lipinski definition) is 1. The second kappa shape index (κ2) is 6.06. The van der Waals surface area contributed by atoms with Gasteiger partial charge in [0, 0.05) is 19.1 Å². The molecular formula is C17H28N2. The summed E-state index contributed by atoms with van der Waals surface area (Å²) in [6.07, 6.45) is 1.19. The van der Waals surface area contributed by atoms with Crippen molar-refractivity contribution in [2.75, 3.05) is 26.2 Å². The van der Waals surface area contributed by atoms with Crippen molar-refractivity contribution in [2.24, 2.45) is 5.41 Å². The Labute approximate surface area is 118 Å². The standard InChI is InChI=1S/C17H28N2/c1-5-19(6-2)12-11-18-16-15-10-8-7-9-14(15)13-17(16,3)4/h7-10,16,18H,5-6,11-13H2,1-4H3. The van der Waals surface area contributed by atoms with E-state index in [1.165, 1.54) is 17.5 Å². The van der Waals surface area contributed by atoms with Gasteiger partial charge in [0.2, 0.25) is 0 Å². The van der Waals surface area contributed by atoms with Gasteiger partial charge in [0.15, 0.2) is 0 Å². The molecule has 0 aliphatic heterocycles. The highest BCUT2D eigenvalue weighted by molar-refractivity contribution is 5.37. The van der Waals surface area contributed by atoms with Crippen molar-refractivity contribution < 1.29 is 0 Å². The van der Waals surface area contributed by atoms with Crippen molar-refractivity contribution in [1.82, 2.24) is 10.2 Å². The number of nitrogens with zero attached hydrogens (tertiary/aromatic N) is 1. The third kappa shape index (κ3) is 3.18. The van der Waals surface area contributed by atoms with E-state index in [0.717, 1.165) is 26.2 Å². The molecule has 0 saturated heterocycles. The van der Waals surface area contributed by atoms with E-state index in [4.69, 9.17) is 0 Å². The zero-order chi connectivity index (χ0) is 13.9. The van der Waals surface area contributed by atoms with E-state index in [0.29, 0.717) is 11.5 Å². The molecule has 1 aliphatic rings. The predicted molar refractivity (Wildman–Crippen MR) is 82.5 cm³/mol. The first-order valence-corrected chi connectivity index (χ1v) is 7.62. The quantitative estimate of drug-likeness (QED) is 0.844. The minimum Gasteiger partial charge on any atom is -0.308 e. The number of benzene rings is 1. The summed E-state index contributed by atoms with van der Waals surface area (Å²) in [7, 11) is 0. The van der Waals surface area contributed by atoms with Gasteiger partial charge in [0.25, 0.3) is 0 Å². The van der Waals surface area contributed by atoms with Crippen LogP contribution >= 0.6 is 0 Å². The molecule has 0 amide bonds. The Balaban J connectivity index is 1.99. The highest BCUT2D eigenvalue weighted by Gasteiger charge is 2.38. The Morgan fingerprint density at radius 3 is 2.58 bits per heavy atom. The highest BCUT2D eigenvalue weighted by atomic mass is 15.1. The SMILES string of the molecule is CCN(CC)CCNC1c2ccccc2CC1(C)C. The minimum atomic E-state index is 0.326. The Morgan fingerprint density at radius 2 is 1.89 bits per heavy atom. The van der Waals surface area contributed by atoms with Crippen molar-refractivity contribution in [3.63, 3.8) is 0 Å². The van der Waals surface area contributed by atoms with Gasteiger partial charge in [-0.1, -0.05) is 52.0 Å². The van der Waals surface area contributed by atoms with Gasteiger partial charge >= 0.3 is 0 Å². The third-order valence-electron chi connectivity index (χ3n) is 4.46. The van der Waals surface area contributed by atoms with Crippen LogP contribution in [0.1, 0.15) is 44.9 Å². The summed E-state index contributed by atoms with van der Waals surface area (Å²) in [4.78, 5) is 2.47. The molecule has 1 unspecified atom stereocenters. The van der Waals surface area contributed by atoms with Gasteiger partial charge in [-0.2, -0.15) is 0 Å². The van der Waals surface area contributed by atoms with Crippen molar-refractivity contribution in [3.05, 3.63) is 35.4 Å². The largest absolute Gasteiger partial charge is 0.308 e. The second-order valence-corrected chi connectivity index (χ2v) is 6.28. The molecule has 0 saturated carbocycles. The molecule has 0 bridgehead atoms. The Bertz CT molecular complexity index is 407. The van der Waals surface area contributed by atoms with Crippen LogP contribution in [0, 0.1) is 5.41 Å². The van der Waals surface area contributed by atoms with E-state index in [1.54, 1.807) is 0 Å². The Hall–Kier alpha value is -0.860. The van der Waals surface area contributed by atoms with Crippen LogP contribution in [0.4, 0.5) is 0 Å².